The number of anilines is 2. The lowest BCUT2D eigenvalue weighted by Crippen LogP contribution is -2.48. The molecule has 6 heterocycles. The highest BCUT2D eigenvalue weighted by atomic mass is 32.1. The third-order valence-corrected chi connectivity index (χ3v) is 11.8. The molecule has 1 saturated heterocycles. The van der Waals surface area contributed by atoms with E-state index in [4.69, 9.17) is 30.5 Å². The van der Waals surface area contributed by atoms with Crippen molar-refractivity contribution < 1.29 is 9.63 Å². The molecule has 4 aromatic heterocycles. The number of likely N-dealkylation sites (tertiary alicyclic amines) is 1. The quantitative estimate of drug-likeness (QED) is 0.323. The molecule has 2 aliphatic carbocycles. The number of aliphatic hydroxyl groups is 1. The highest BCUT2D eigenvalue weighted by Crippen LogP contribution is 2.55. The van der Waals surface area contributed by atoms with Crippen LogP contribution in [0.4, 0.5) is 10.8 Å². The van der Waals surface area contributed by atoms with Gasteiger partial charge in [-0.2, -0.15) is 10.4 Å². The molecule has 3 atom stereocenters. The Balaban J connectivity index is 1.30. The lowest BCUT2D eigenvalue weighted by molar-refractivity contribution is 0.0588. The Bertz CT molecular complexity index is 1860. The number of fused-ring (bicyclic) bond motifs is 4. The van der Waals surface area contributed by atoms with Crippen molar-refractivity contribution in [2.75, 3.05) is 30.8 Å². The molecule has 2 aliphatic heterocycles. The number of thiophene rings is 1. The summed E-state index contributed by atoms with van der Waals surface area (Å²) in [6, 6.07) is 3.12. The number of rotatable bonds is 5. The van der Waals surface area contributed by atoms with E-state index in [1.54, 1.807) is 25.2 Å². The highest BCUT2D eigenvalue weighted by Gasteiger charge is 2.49. The van der Waals surface area contributed by atoms with Gasteiger partial charge in [-0.1, -0.05) is 5.16 Å². The van der Waals surface area contributed by atoms with E-state index < -0.39 is 11.0 Å². The van der Waals surface area contributed by atoms with Crippen LogP contribution < -0.4 is 10.6 Å². The van der Waals surface area contributed by atoms with E-state index in [0.29, 0.717) is 34.7 Å². The molecule has 1 spiro atoms. The predicted octanol–water partition coefficient (Wildman–Crippen LogP) is 4.57. The Morgan fingerprint density at radius 3 is 2.71 bits per heavy atom. The van der Waals surface area contributed by atoms with Crippen molar-refractivity contribution in [2.24, 2.45) is 0 Å². The van der Waals surface area contributed by atoms with Gasteiger partial charge >= 0.3 is 0 Å². The first-order valence-electron chi connectivity index (χ1n) is 16.4. The van der Waals surface area contributed by atoms with Crippen molar-refractivity contribution >= 4 is 33.2 Å². The number of nitriles is 1. The smallest absolute Gasteiger partial charge is 0.186 e. The van der Waals surface area contributed by atoms with E-state index in [1.807, 2.05) is 4.68 Å². The Kier molecular flexibility index (Phi) is 6.58. The first-order chi connectivity index (χ1) is 21.6. The van der Waals surface area contributed by atoms with Crippen LogP contribution in [-0.2, 0) is 31.2 Å². The van der Waals surface area contributed by atoms with Gasteiger partial charge in [-0.25, -0.2) is 14.6 Å². The van der Waals surface area contributed by atoms with Crippen LogP contribution in [0.3, 0.4) is 0 Å². The number of nitrogens with two attached hydrogens (primary N) is 1. The van der Waals surface area contributed by atoms with Crippen LogP contribution >= 0.6 is 11.3 Å². The van der Waals surface area contributed by atoms with Gasteiger partial charge in [0.25, 0.3) is 0 Å². The molecule has 8 rings (SSSR count). The summed E-state index contributed by atoms with van der Waals surface area (Å²) in [5.41, 5.74) is 10.1. The molecule has 4 aromatic rings. The number of hydrogen-bond acceptors (Lipinski definition) is 11. The molecule has 0 saturated carbocycles. The van der Waals surface area contributed by atoms with Gasteiger partial charge in [0.15, 0.2) is 22.9 Å². The molecule has 11 nitrogen and oxygen atoms in total. The van der Waals surface area contributed by atoms with Gasteiger partial charge in [0, 0.05) is 35.5 Å². The van der Waals surface area contributed by atoms with Crippen LogP contribution in [0.5, 0.6) is 0 Å². The van der Waals surface area contributed by atoms with Gasteiger partial charge in [-0.3, -0.25) is 0 Å². The minimum atomic E-state index is -0.964. The fourth-order valence-corrected chi connectivity index (χ4v) is 9.95. The maximum Gasteiger partial charge on any atom is 0.186 e. The normalized spacial score (nSPS) is 23.8. The summed E-state index contributed by atoms with van der Waals surface area (Å²) in [6.07, 6.45) is 8.69. The second kappa shape index (κ2) is 10.2. The minimum absolute atomic E-state index is 0.262. The highest BCUT2D eigenvalue weighted by molar-refractivity contribution is 7.16. The van der Waals surface area contributed by atoms with Gasteiger partial charge in [0.2, 0.25) is 0 Å². The maximum atomic E-state index is 10.8. The van der Waals surface area contributed by atoms with Crippen molar-refractivity contribution in [3.05, 3.63) is 33.0 Å². The fraction of sp³-hybridized carbons (Fsp3) is 0.606. The van der Waals surface area contributed by atoms with E-state index in [2.05, 4.69) is 29.8 Å². The van der Waals surface area contributed by atoms with Crippen molar-refractivity contribution in [1.29, 1.82) is 5.26 Å². The Labute approximate surface area is 267 Å². The Morgan fingerprint density at radius 1 is 1.18 bits per heavy atom. The van der Waals surface area contributed by atoms with Crippen LogP contribution in [0.1, 0.15) is 92.3 Å². The summed E-state index contributed by atoms with van der Waals surface area (Å²) in [5.74, 6) is 2.27. The number of hydrogen-bond donors (Lipinski definition) is 2. The van der Waals surface area contributed by atoms with Gasteiger partial charge in [-0.05, 0) is 91.3 Å². The van der Waals surface area contributed by atoms with E-state index >= 15 is 0 Å². The van der Waals surface area contributed by atoms with Crippen molar-refractivity contribution in [2.45, 2.75) is 108 Å². The van der Waals surface area contributed by atoms with Gasteiger partial charge < -0.3 is 25.2 Å². The number of aromatic nitrogens is 5. The zero-order valence-corrected chi connectivity index (χ0v) is 27.4. The zero-order valence-electron chi connectivity index (χ0n) is 26.6. The molecule has 12 heteroatoms. The van der Waals surface area contributed by atoms with Crippen LogP contribution in [0.25, 0.3) is 22.6 Å². The largest absolute Gasteiger partial charge is 0.389 e. The van der Waals surface area contributed by atoms with Crippen LogP contribution in [0.15, 0.2) is 4.52 Å². The monoisotopic (exact) mass is 627 g/mol. The second-order valence-electron chi connectivity index (χ2n) is 14.2. The molecule has 1 fully saturated rings. The summed E-state index contributed by atoms with van der Waals surface area (Å²) in [6.45, 7) is 8.16. The molecule has 236 valence electrons. The maximum absolute atomic E-state index is 10.8. The Hall–Kier alpha value is -3.53. The average Bonchev–Trinajstić information content (AvgIpc) is 3.78. The summed E-state index contributed by atoms with van der Waals surface area (Å²) in [7, 11) is 2.22. The molecular weight excluding hydrogens is 586 g/mol. The topological polar surface area (TPSA) is 146 Å². The lowest BCUT2D eigenvalue weighted by atomic mass is 9.63. The summed E-state index contributed by atoms with van der Waals surface area (Å²) < 4.78 is 8.18. The van der Waals surface area contributed by atoms with Crippen molar-refractivity contribution in [3.8, 4) is 17.6 Å². The molecular formula is C33H41N9O2S. The minimum Gasteiger partial charge on any atom is -0.389 e. The zero-order chi connectivity index (χ0) is 31.2. The first-order valence-corrected chi connectivity index (χ1v) is 17.2. The average molecular weight is 628 g/mol. The van der Waals surface area contributed by atoms with Crippen molar-refractivity contribution in [1.82, 2.24) is 29.8 Å². The number of nitrogen functional groups attached to an aromatic ring is 1. The summed E-state index contributed by atoms with van der Waals surface area (Å²) >= 11 is 1.55. The summed E-state index contributed by atoms with van der Waals surface area (Å²) in [4.78, 5) is 16.5. The third kappa shape index (κ3) is 4.34. The first kappa shape index (κ1) is 28.9. The van der Waals surface area contributed by atoms with Crippen molar-refractivity contribution in [3.63, 3.8) is 0 Å². The van der Waals surface area contributed by atoms with Crippen LogP contribution in [-0.4, -0.2) is 72.7 Å². The van der Waals surface area contributed by atoms with Gasteiger partial charge in [-0.15, -0.1) is 11.3 Å². The fourth-order valence-electron chi connectivity index (χ4n) is 8.79. The van der Waals surface area contributed by atoms with Crippen LogP contribution in [0.2, 0.25) is 0 Å². The molecule has 45 heavy (non-hydrogen) atoms. The molecule has 0 radical (unpaired) electrons. The number of aryl methyl sites for hydroxylation is 1. The molecule has 0 amide bonds. The molecule has 0 aromatic carbocycles. The lowest BCUT2D eigenvalue weighted by Gasteiger charge is -2.39. The van der Waals surface area contributed by atoms with Crippen LogP contribution in [0, 0.1) is 11.3 Å². The van der Waals surface area contributed by atoms with Gasteiger partial charge in [0.1, 0.15) is 16.9 Å². The second-order valence-corrected chi connectivity index (χ2v) is 15.4. The SMILES string of the molecule is CC(C1CCCN1C)N1CCc2nn(CC(C)(C)O)c3nc(-c4noc5c4CCCC54CCCc5sc(N)c(C#N)c54)nc1c23. The predicted molar refractivity (Wildman–Crippen MR) is 173 cm³/mol. The van der Waals surface area contributed by atoms with E-state index in [9.17, 15) is 10.4 Å². The summed E-state index contributed by atoms with van der Waals surface area (Å²) in [5, 5.41) is 32.2. The standard InChI is InChI=1S/C33H41N9O2S/c1-18(22-9-7-14-40(22)4)41-15-11-21-24-30(41)36-29(37-31(24)42(38-21)17-32(2,3)43)26-19-8-5-12-33(27(19)44-39-26)13-6-10-23-25(33)20(16-34)28(35)45-23/h18,22,43H,5-15,17,35H2,1-4H3. The van der Waals surface area contributed by atoms with E-state index in [0.717, 1.165) is 97.5 Å². The molecule has 3 N–H and O–H groups in total. The Morgan fingerprint density at radius 2 is 1.98 bits per heavy atom. The molecule has 3 unspecified atom stereocenters. The van der Waals surface area contributed by atoms with Gasteiger partial charge in [0.05, 0.1) is 34.2 Å². The molecule has 0 bridgehead atoms. The number of likely N-dealkylation sites (N-methyl/N-ethyl adjacent to an activating group) is 1. The van der Waals surface area contributed by atoms with E-state index in [-0.39, 0.29) is 6.04 Å². The van der Waals surface area contributed by atoms with E-state index in [1.165, 1.54) is 17.7 Å². The third-order valence-electron chi connectivity index (χ3n) is 10.7. The number of nitrogens with zero attached hydrogens (tertiary/aromatic N) is 8. The molecule has 4 aliphatic rings.